The van der Waals surface area contributed by atoms with E-state index in [2.05, 4.69) is 43.0 Å². The van der Waals surface area contributed by atoms with Crippen molar-refractivity contribution < 1.29 is 0 Å². The van der Waals surface area contributed by atoms with Gasteiger partial charge in [-0.15, -0.1) is 0 Å². The zero-order valence-corrected chi connectivity index (χ0v) is 11.6. The summed E-state index contributed by atoms with van der Waals surface area (Å²) in [5.41, 5.74) is 16.6. The van der Waals surface area contributed by atoms with E-state index in [0.29, 0.717) is 0 Å². The number of hydrogen-bond acceptors (Lipinski definition) is 3. The molecule has 0 unspecified atom stereocenters. The summed E-state index contributed by atoms with van der Waals surface area (Å²) in [6.45, 7) is 6.34. The molecule has 3 heteroatoms. The third-order valence-corrected chi connectivity index (χ3v) is 3.38. The quantitative estimate of drug-likeness (QED) is 0.824. The number of nitrogen functional groups attached to an aromatic ring is 2. The van der Waals surface area contributed by atoms with Crippen molar-refractivity contribution in [2.45, 2.75) is 13.8 Å². The first-order chi connectivity index (χ1) is 9.15. The van der Waals surface area contributed by atoms with Crippen LogP contribution in [0, 0.1) is 0 Å². The first-order valence-electron chi connectivity index (χ1n) is 6.66. The monoisotopic (exact) mass is 255 g/mol. The first kappa shape index (κ1) is 13.3. The van der Waals surface area contributed by atoms with Gasteiger partial charge in [-0.05, 0) is 49.7 Å². The number of anilines is 3. The fourth-order valence-electron chi connectivity index (χ4n) is 2.26. The predicted molar refractivity (Wildman–Crippen MR) is 84.3 cm³/mol. The number of nitrogens with zero attached hydrogens (tertiary/aromatic N) is 1. The molecule has 0 saturated carbocycles. The Balaban J connectivity index is 2.34. The minimum Gasteiger partial charge on any atom is -0.399 e. The molecule has 19 heavy (non-hydrogen) atoms. The summed E-state index contributed by atoms with van der Waals surface area (Å²) in [7, 11) is 0. The molecule has 0 amide bonds. The number of hydrogen-bond donors (Lipinski definition) is 2. The average Bonchev–Trinajstić information content (AvgIpc) is 2.44. The van der Waals surface area contributed by atoms with Crippen molar-refractivity contribution in [2.24, 2.45) is 0 Å². The van der Waals surface area contributed by atoms with E-state index in [1.54, 1.807) is 0 Å². The van der Waals surface area contributed by atoms with Crippen LogP contribution in [0.5, 0.6) is 0 Å². The molecule has 3 nitrogen and oxygen atoms in total. The highest BCUT2D eigenvalue weighted by atomic mass is 15.1. The number of benzene rings is 2. The van der Waals surface area contributed by atoms with Crippen molar-refractivity contribution in [3.63, 3.8) is 0 Å². The maximum absolute atomic E-state index is 6.01. The molecule has 0 radical (unpaired) electrons. The van der Waals surface area contributed by atoms with E-state index in [1.807, 2.05) is 18.2 Å². The molecule has 0 aromatic heterocycles. The van der Waals surface area contributed by atoms with E-state index < -0.39 is 0 Å². The van der Waals surface area contributed by atoms with Crippen molar-refractivity contribution in [1.29, 1.82) is 0 Å². The fraction of sp³-hybridized carbons (Fsp3) is 0.250. The van der Waals surface area contributed by atoms with Crippen LogP contribution in [0.1, 0.15) is 13.8 Å². The fourth-order valence-corrected chi connectivity index (χ4v) is 2.26. The average molecular weight is 255 g/mol. The van der Waals surface area contributed by atoms with Gasteiger partial charge in [-0.25, -0.2) is 0 Å². The zero-order valence-electron chi connectivity index (χ0n) is 11.6. The minimum absolute atomic E-state index is 0.733. The molecule has 2 rings (SSSR count). The summed E-state index contributed by atoms with van der Waals surface area (Å²) in [6.07, 6.45) is 0. The summed E-state index contributed by atoms with van der Waals surface area (Å²) < 4.78 is 0. The molecule has 2 aromatic rings. The van der Waals surface area contributed by atoms with Crippen LogP contribution in [0.2, 0.25) is 0 Å². The highest BCUT2D eigenvalue weighted by Crippen LogP contribution is 2.29. The van der Waals surface area contributed by atoms with Gasteiger partial charge >= 0.3 is 0 Å². The third-order valence-electron chi connectivity index (χ3n) is 3.38. The number of nitrogens with two attached hydrogens (primary N) is 2. The zero-order chi connectivity index (χ0) is 13.8. The lowest BCUT2D eigenvalue weighted by Crippen LogP contribution is -2.21. The van der Waals surface area contributed by atoms with Gasteiger partial charge in [0.25, 0.3) is 0 Å². The molecule has 0 aliphatic heterocycles. The third kappa shape index (κ3) is 2.81. The molecule has 0 spiro atoms. The van der Waals surface area contributed by atoms with E-state index in [1.165, 1.54) is 5.69 Å². The lowest BCUT2D eigenvalue weighted by atomic mass is 10.0. The molecule has 0 heterocycles. The Labute approximate surface area is 114 Å². The smallest absolute Gasteiger partial charge is 0.0395 e. The molecule has 4 N–H and O–H groups in total. The minimum atomic E-state index is 0.733. The molecular weight excluding hydrogens is 234 g/mol. The van der Waals surface area contributed by atoms with E-state index in [4.69, 9.17) is 11.5 Å². The SMILES string of the molecule is CCN(CC)c1ccc(-c2cc(N)ccc2N)cc1. The molecule has 0 aliphatic rings. The second kappa shape index (κ2) is 5.65. The Bertz CT molecular complexity index is 542. The van der Waals surface area contributed by atoms with Gasteiger partial charge in [-0.2, -0.15) is 0 Å². The molecule has 100 valence electrons. The molecule has 0 aliphatic carbocycles. The van der Waals surface area contributed by atoms with Crippen LogP contribution in [0.3, 0.4) is 0 Å². The largest absolute Gasteiger partial charge is 0.399 e. The Morgan fingerprint density at radius 2 is 1.53 bits per heavy atom. The van der Waals surface area contributed by atoms with Gasteiger partial charge in [-0.1, -0.05) is 12.1 Å². The van der Waals surface area contributed by atoms with Crippen LogP contribution in [-0.4, -0.2) is 13.1 Å². The molecule has 2 aromatic carbocycles. The summed E-state index contributed by atoms with van der Waals surface area (Å²) in [5, 5.41) is 0. The second-order valence-electron chi connectivity index (χ2n) is 4.57. The van der Waals surface area contributed by atoms with Gasteiger partial charge in [0.15, 0.2) is 0 Å². The van der Waals surface area contributed by atoms with Crippen LogP contribution < -0.4 is 16.4 Å². The van der Waals surface area contributed by atoms with Gasteiger partial charge in [-0.3, -0.25) is 0 Å². The van der Waals surface area contributed by atoms with Crippen molar-refractivity contribution in [3.05, 3.63) is 42.5 Å². The van der Waals surface area contributed by atoms with Crippen LogP contribution in [-0.2, 0) is 0 Å². The van der Waals surface area contributed by atoms with E-state index in [9.17, 15) is 0 Å². The molecule has 0 atom stereocenters. The van der Waals surface area contributed by atoms with E-state index in [0.717, 1.165) is 35.6 Å². The van der Waals surface area contributed by atoms with Gasteiger partial charge in [0, 0.05) is 35.7 Å². The van der Waals surface area contributed by atoms with Crippen molar-refractivity contribution in [3.8, 4) is 11.1 Å². The van der Waals surface area contributed by atoms with Crippen molar-refractivity contribution in [1.82, 2.24) is 0 Å². The second-order valence-corrected chi connectivity index (χ2v) is 4.57. The Morgan fingerprint density at radius 3 is 2.11 bits per heavy atom. The van der Waals surface area contributed by atoms with Crippen molar-refractivity contribution >= 4 is 17.1 Å². The molecule has 0 saturated heterocycles. The standard InChI is InChI=1S/C16H21N3/c1-3-19(4-2)14-8-5-12(6-9-14)15-11-13(17)7-10-16(15)18/h5-11H,3-4,17-18H2,1-2H3. The highest BCUT2D eigenvalue weighted by Gasteiger charge is 2.05. The maximum atomic E-state index is 6.01. The molecule has 0 fully saturated rings. The summed E-state index contributed by atoms with van der Waals surface area (Å²) in [4.78, 5) is 2.31. The summed E-state index contributed by atoms with van der Waals surface area (Å²) in [6, 6.07) is 14.0. The summed E-state index contributed by atoms with van der Waals surface area (Å²) >= 11 is 0. The van der Waals surface area contributed by atoms with Crippen LogP contribution in [0.15, 0.2) is 42.5 Å². The van der Waals surface area contributed by atoms with Gasteiger partial charge < -0.3 is 16.4 Å². The maximum Gasteiger partial charge on any atom is 0.0395 e. The van der Waals surface area contributed by atoms with Crippen LogP contribution >= 0.6 is 0 Å². The predicted octanol–water partition coefficient (Wildman–Crippen LogP) is 3.36. The van der Waals surface area contributed by atoms with Crippen LogP contribution in [0.4, 0.5) is 17.1 Å². The van der Waals surface area contributed by atoms with Gasteiger partial charge in [0.2, 0.25) is 0 Å². The molecule has 0 bridgehead atoms. The Morgan fingerprint density at radius 1 is 0.895 bits per heavy atom. The normalized spacial score (nSPS) is 10.4. The molecular formula is C16H21N3. The number of rotatable bonds is 4. The van der Waals surface area contributed by atoms with E-state index >= 15 is 0 Å². The highest BCUT2D eigenvalue weighted by molar-refractivity contribution is 5.79. The van der Waals surface area contributed by atoms with Gasteiger partial charge in [0.1, 0.15) is 0 Å². The Hall–Kier alpha value is -2.16. The van der Waals surface area contributed by atoms with Crippen LogP contribution in [0.25, 0.3) is 11.1 Å². The van der Waals surface area contributed by atoms with E-state index in [-0.39, 0.29) is 0 Å². The van der Waals surface area contributed by atoms with Gasteiger partial charge in [0.05, 0.1) is 0 Å². The van der Waals surface area contributed by atoms with Crippen molar-refractivity contribution in [2.75, 3.05) is 29.5 Å². The topological polar surface area (TPSA) is 55.3 Å². The summed E-state index contributed by atoms with van der Waals surface area (Å²) in [5.74, 6) is 0. The first-order valence-corrected chi connectivity index (χ1v) is 6.66. The lowest BCUT2D eigenvalue weighted by Gasteiger charge is -2.21. The Kier molecular flexibility index (Phi) is 3.95. The lowest BCUT2D eigenvalue weighted by molar-refractivity contribution is 0.866.